The van der Waals surface area contributed by atoms with Gasteiger partial charge in [0.1, 0.15) is 0 Å². The number of ether oxygens (including phenoxy) is 2. The van der Waals surface area contributed by atoms with Crippen molar-refractivity contribution in [2.45, 2.75) is 0 Å². The highest BCUT2D eigenvalue weighted by Gasteiger charge is 2.10. The Bertz CT molecular complexity index is 478. The summed E-state index contributed by atoms with van der Waals surface area (Å²) in [5.74, 6) is 0.530. The van der Waals surface area contributed by atoms with Crippen molar-refractivity contribution in [3.8, 4) is 11.5 Å². The van der Waals surface area contributed by atoms with Crippen LogP contribution in [0.2, 0.25) is 0 Å². The Hall–Kier alpha value is -1.89. The maximum atomic E-state index is 11.9. The van der Waals surface area contributed by atoms with Crippen LogP contribution < -0.4 is 14.8 Å². The number of hydrogen-bond acceptors (Lipinski definition) is 5. The molecule has 1 aromatic carbocycles. The Kier molecular flexibility index (Phi) is 6.72. The zero-order chi connectivity index (χ0) is 15.0. The standard InChI is InChI=1S/C13H17NO5S/c1-18-10-4-3-9(7-11(10)19-2)13(17)14-5-6-20-8-12(15)16/h3-4,7H,5-6,8H2,1-2H3,(H,14,17)(H,15,16). The second kappa shape index (κ2) is 8.31. The second-order valence-electron chi connectivity index (χ2n) is 3.77. The van der Waals surface area contributed by atoms with Gasteiger partial charge < -0.3 is 19.9 Å². The molecule has 110 valence electrons. The summed E-state index contributed by atoms with van der Waals surface area (Å²) in [6.07, 6.45) is 0. The summed E-state index contributed by atoms with van der Waals surface area (Å²) in [5, 5.41) is 11.2. The van der Waals surface area contributed by atoms with Crippen molar-refractivity contribution < 1.29 is 24.2 Å². The van der Waals surface area contributed by atoms with E-state index in [1.165, 1.54) is 26.0 Å². The zero-order valence-corrected chi connectivity index (χ0v) is 12.2. The van der Waals surface area contributed by atoms with Crippen LogP contribution in [0.15, 0.2) is 18.2 Å². The van der Waals surface area contributed by atoms with Gasteiger partial charge in [-0.1, -0.05) is 0 Å². The Balaban J connectivity index is 2.49. The fraction of sp³-hybridized carbons (Fsp3) is 0.385. The molecular weight excluding hydrogens is 282 g/mol. The van der Waals surface area contributed by atoms with Crippen LogP contribution in [0, 0.1) is 0 Å². The summed E-state index contributed by atoms with van der Waals surface area (Å²) in [5.41, 5.74) is 0.464. The van der Waals surface area contributed by atoms with E-state index in [0.717, 1.165) is 0 Å². The van der Waals surface area contributed by atoms with Crippen LogP contribution in [-0.4, -0.2) is 49.3 Å². The fourth-order valence-corrected chi connectivity index (χ4v) is 2.04. The fourth-order valence-electron chi connectivity index (χ4n) is 1.48. The summed E-state index contributed by atoms with van der Waals surface area (Å²) in [6.45, 7) is 0.408. The van der Waals surface area contributed by atoms with Gasteiger partial charge in [0.05, 0.1) is 20.0 Å². The van der Waals surface area contributed by atoms with E-state index >= 15 is 0 Å². The number of hydrogen-bond donors (Lipinski definition) is 2. The smallest absolute Gasteiger partial charge is 0.313 e. The van der Waals surface area contributed by atoms with Crippen LogP contribution in [0.25, 0.3) is 0 Å². The molecule has 1 rings (SSSR count). The molecule has 1 aromatic rings. The molecule has 0 saturated carbocycles. The summed E-state index contributed by atoms with van der Waals surface area (Å²) < 4.78 is 10.2. The van der Waals surface area contributed by atoms with Crippen molar-refractivity contribution in [2.24, 2.45) is 0 Å². The highest BCUT2D eigenvalue weighted by atomic mass is 32.2. The third-order valence-corrected chi connectivity index (χ3v) is 3.35. The predicted octanol–water partition coefficient (Wildman–Crippen LogP) is 1.25. The normalized spacial score (nSPS) is 9.90. The topological polar surface area (TPSA) is 84.9 Å². The van der Waals surface area contributed by atoms with Gasteiger partial charge in [0.25, 0.3) is 5.91 Å². The maximum Gasteiger partial charge on any atom is 0.313 e. The molecule has 0 radical (unpaired) electrons. The van der Waals surface area contributed by atoms with Crippen molar-refractivity contribution in [3.05, 3.63) is 23.8 Å². The number of carboxylic acid groups (broad SMARTS) is 1. The van der Waals surface area contributed by atoms with Gasteiger partial charge in [-0.3, -0.25) is 9.59 Å². The molecule has 0 atom stereocenters. The van der Waals surface area contributed by atoms with Crippen molar-refractivity contribution in [2.75, 3.05) is 32.3 Å². The monoisotopic (exact) mass is 299 g/mol. The molecule has 0 heterocycles. The molecule has 0 saturated heterocycles. The molecule has 0 aliphatic rings. The number of nitrogens with one attached hydrogen (secondary N) is 1. The van der Waals surface area contributed by atoms with E-state index in [-0.39, 0.29) is 11.7 Å². The number of carbonyl (C=O) groups is 2. The van der Waals surface area contributed by atoms with Gasteiger partial charge in [-0.05, 0) is 18.2 Å². The van der Waals surface area contributed by atoms with E-state index in [1.54, 1.807) is 18.2 Å². The average molecular weight is 299 g/mol. The molecular formula is C13H17NO5S. The van der Waals surface area contributed by atoms with Crippen LogP contribution in [0.4, 0.5) is 0 Å². The van der Waals surface area contributed by atoms with Crippen molar-refractivity contribution in [1.82, 2.24) is 5.32 Å². The molecule has 2 N–H and O–H groups in total. The minimum absolute atomic E-state index is 0.0340. The molecule has 1 amide bonds. The van der Waals surface area contributed by atoms with E-state index < -0.39 is 5.97 Å². The third kappa shape index (κ3) is 5.00. The van der Waals surface area contributed by atoms with Gasteiger partial charge in [0, 0.05) is 17.9 Å². The van der Waals surface area contributed by atoms with E-state index in [1.807, 2.05) is 0 Å². The second-order valence-corrected chi connectivity index (χ2v) is 4.88. The largest absolute Gasteiger partial charge is 0.493 e. The van der Waals surface area contributed by atoms with E-state index in [9.17, 15) is 9.59 Å². The van der Waals surface area contributed by atoms with Gasteiger partial charge in [0.15, 0.2) is 11.5 Å². The average Bonchev–Trinajstić information content (AvgIpc) is 2.45. The Labute approximate surface area is 121 Å². The number of amides is 1. The Morgan fingerprint density at radius 3 is 2.55 bits per heavy atom. The lowest BCUT2D eigenvalue weighted by molar-refractivity contribution is -0.133. The van der Waals surface area contributed by atoms with Crippen molar-refractivity contribution >= 4 is 23.6 Å². The minimum atomic E-state index is -0.860. The molecule has 0 aliphatic heterocycles. The van der Waals surface area contributed by atoms with Gasteiger partial charge in [-0.2, -0.15) is 0 Å². The number of methoxy groups -OCH3 is 2. The Morgan fingerprint density at radius 2 is 1.95 bits per heavy atom. The molecule has 0 bridgehead atoms. The number of carbonyl (C=O) groups excluding carboxylic acids is 1. The lowest BCUT2D eigenvalue weighted by atomic mass is 10.2. The molecule has 20 heavy (non-hydrogen) atoms. The van der Waals surface area contributed by atoms with Crippen LogP contribution >= 0.6 is 11.8 Å². The predicted molar refractivity (Wildman–Crippen MR) is 76.8 cm³/mol. The number of rotatable bonds is 8. The summed E-state index contributed by atoms with van der Waals surface area (Å²) >= 11 is 1.25. The van der Waals surface area contributed by atoms with E-state index in [2.05, 4.69) is 5.32 Å². The van der Waals surface area contributed by atoms with Gasteiger partial charge in [-0.25, -0.2) is 0 Å². The first-order valence-electron chi connectivity index (χ1n) is 5.88. The highest BCUT2D eigenvalue weighted by molar-refractivity contribution is 7.99. The Morgan fingerprint density at radius 1 is 1.25 bits per heavy atom. The minimum Gasteiger partial charge on any atom is -0.493 e. The number of benzene rings is 1. The van der Waals surface area contributed by atoms with Crippen LogP contribution in [0.3, 0.4) is 0 Å². The van der Waals surface area contributed by atoms with Crippen LogP contribution in [0.1, 0.15) is 10.4 Å². The molecule has 0 spiro atoms. The summed E-state index contributed by atoms with van der Waals surface area (Å²) in [6, 6.07) is 4.90. The third-order valence-electron chi connectivity index (χ3n) is 2.40. The van der Waals surface area contributed by atoms with Crippen LogP contribution in [-0.2, 0) is 4.79 Å². The first-order valence-corrected chi connectivity index (χ1v) is 7.03. The van der Waals surface area contributed by atoms with Gasteiger partial charge >= 0.3 is 5.97 Å². The van der Waals surface area contributed by atoms with Gasteiger partial charge in [-0.15, -0.1) is 11.8 Å². The zero-order valence-electron chi connectivity index (χ0n) is 11.3. The molecule has 0 unspecified atom stereocenters. The lowest BCUT2D eigenvalue weighted by Gasteiger charge is -2.09. The van der Waals surface area contributed by atoms with Crippen LogP contribution in [0.5, 0.6) is 11.5 Å². The first kappa shape index (κ1) is 16.2. The van der Waals surface area contributed by atoms with E-state index in [0.29, 0.717) is 29.4 Å². The lowest BCUT2D eigenvalue weighted by Crippen LogP contribution is -2.26. The molecule has 0 aliphatic carbocycles. The number of aliphatic carboxylic acids is 1. The first-order chi connectivity index (χ1) is 9.58. The van der Waals surface area contributed by atoms with Gasteiger partial charge in [0.2, 0.25) is 0 Å². The molecule has 0 aromatic heterocycles. The number of carboxylic acids is 1. The summed E-state index contributed by atoms with van der Waals surface area (Å²) in [4.78, 5) is 22.2. The molecule has 7 heteroatoms. The molecule has 0 fully saturated rings. The maximum absolute atomic E-state index is 11.9. The molecule has 6 nitrogen and oxygen atoms in total. The highest BCUT2D eigenvalue weighted by Crippen LogP contribution is 2.27. The quantitative estimate of drug-likeness (QED) is 0.703. The summed E-state index contributed by atoms with van der Waals surface area (Å²) in [7, 11) is 3.03. The van der Waals surface area contributed by atoms with E-state index in [4.69, 9.17) is 14.6 Å². The number of thioether (sulfide) groups is 1. The SMILES string of the molecule is COc1ccc(C(=O)NCCSCC(=O)O)cc1OC. The van der Waals surface area contributed by atoms with Crippen molar-refractivity contribution in [3.63, 3.8) is 0 Å². The van der Waals surface area contributed by atoms with Crippen molar-refractivity contribution in [1.29, 1.82) is 0 Å².